The minimum absolute atomic E-state index is 0.124. The van der Waals surface area contributed by atoms with Crippen molar-refractivity contribution in [2.24, 2.45) is 11.1 Å². The van der Waals surface area contributed by atoms with Gasteiger partial charge in [0.1, 0.15) is 6.04 Å². The van der Waals surface area contributed by atoms with E-state index in [-0.39, 0.29) is 21.7 Å². The Morgan fingerprint density at radius 1 is 0.939 bits per heavy atom. The highest BCUT2D eigenvalue weighted by molar-refractivity contribution is 7.89. The number of carbonyl (C=O) groups is 4. The molecule has 1 heterocycles. The van der Waals surface area contributed by atoms with Gasteiger partial charge in [0.2, 0.25) is 10.0 Å². The van der Waals surface area contributed by atoms with Crippen molar-refractivity contribution in [1.82, 2.24) is 4.90 Å². The molecule has 1 aliphatic heterocycles. The number of sulfonamides is 1. The maximum Gasteiger partial charge on any atom is 0.330 e. The molecule has 2 aromatic rings. The summed E-state index contributed by atoms with van der Waals surface area (Å²) in [6.07, 6.45) is -1.26. The zero-order chi connectivity index (χ0) is 24.5. The molecule has 3 rings (SSSR count). The fourth-order valence-corrected chi connectivity index (χ4v) is 3.92. The lowest BCUT2D eigenvalue weighted by Crippen LogP contribution is -2.50. The molecular weight excluding hydrogens is 450 g/mol. The summed E-state index contributed by atoms with van der Waals surface area (Å²) in [5, 5.41) is 7.53. The molecule has 3 amide bonds. The molecule has 0 bridgehead atoms. The van der Waals surface area contributed by atoms with Gasteiger partial charge in [-0.05, 0) is 49.2 Å². The van der Waals surface area contributed by atoms with Crippen LogP contribution in [-0.4, -0.2) is 49.2 Å². The molecule has 0 saturated carbocycles. The summed E-state index contributed by atoms with van der Waals surface area (Å²) >= 11 is 0. The Bertz CT molecular complexity index is 1190. The highest BCUT2D eigenvalue weighted by atomic mass is 32.2. The smallest absolute Gasteiger partial charge is 0.330 e. The van der Waals surface area contributed by atoms with Crippen molar-refractivity contribution in [2.75, 3.05) is 5.32 Å². The van der Waals surface area contributed by atoms with Crippen molar-refractivity contribution in [3.63, 3.8) is 0 Å². The van der Waals surface area contributed by atoms with E-state index in [2.05, 4.69) is 5.32 Å². The zero-order valence-corrected chi connectivity index (χ0v) is 19.0. The number of esters is 1. The Morgan fingerprint density at radius 2 is 1.45 bits per heavy atom. The fraction of sp³-hybridized carbons (Fsp3) is 0.273. The van der Waals surface area contributed by atoms with Crippen LogP contribution in [0.5, 0.6) is 0 Å². The van der Waals surface area contributed by atoms with Crippen LogP contribution in [0.3, 0.4) is 0 Å². The molecule has 3 N–H and O–H groups in total. The summed E-state index contributed by atoms with van der Waals surface area (Å²) in [6, 6.07) is 10.2. The first-order valence-electron chi connectivity index (χ1n) is 10.0. The van der Waals surface area contributed by atoms with E-state index in [1.165, 1.54) is 43.3 Å². The normalized spacial score (nSPS) is 15.2. The van der Waals surface area contributed by atoms with E-state index in [4.69, 9.17) is 9.88 Å². The number of fused-ring (bicyclic) bond motifs is 1. The summed E-state index contributed by atoms with van der Waals surface area (Å²) in [6.45, 7) is 4.66. The predicted molar refractivity (Wildman–Crippen MR) is 118 cm³/mol. The van der Waals surface area contributed by atoms with Crippen LogP contribution in [0.25, 0.3) is 0 Å². The molecule has 10 nitrogen and oxygen atoms in total. The van der Waals surface area contributed by atoms with Gasteiger partial charge < -0.3 is 10.1 Å². The number of nitrogens with one attached hydrogen (secondary N) is 1. The number of hydrogen-bond donors (Lipinski definition) is 2. The lowest BCUT2D eigenvalue weighted by molar-refractivity contribution is -0.158. The van der Waals surface area contributed by atoms with E-state index in [0.717, 1.165) is 4.90 Å². The number of ether oxygens (including phenoxy) is 1. The third kappa shape index (κ3) is 4.94. The van der Waals surface area contributed by atoms with Gasteiger partial charge in [0.05, 0.1) is 16.0 Å². The Balaban J connectivity index is 1.71. The Hall–Kier alpha value is -3.57. The number of hydrogen-bond acceptors (Lipinski definition) is 7. The topological polar surface area (TPSA) is 153 Å². The van der Waals surface area contributed by atoms with Gasteiger partial charge in [-0.3, -0.25) is 19.3 Å². The van der Waals surface area contributed by atoms with E-state index in [1.807, 2.05) is 0 Å². The molecule has 33 heavy (non-hydrogen) atoms. The highest BCUT2D eigenvalue weighted by Crippen LogP contribution is 2.28. The molecule has 174 valence electrons. The maximum absolute atomic E-state index is 12.9. The van der Waals surface area contributed by atoms with Crippen LogP contribution in [-0.2, 0) is 24.3 Å². The van der Waals surface area contributed by atoms with Gasteiger partial charge in [0, 0.05) is 5.69 Å². The van der Waals surface area contributed by atoms with E-state index in [0.29, 0.717) is 0 Å². The summed E-state index contributed by atoms with van der Waals surface area (Å²) in [4.78, 5) is 51.7. The van der Waals surface area contributed by atoms with Crippen molar-refractivity contribution in [3.8, 4) is 0 Å². The highest BCUT2D eigenvalue weighted by Gasteiger charge is 2.45. The van der Waals surface area contributed by atoms with Crippen LogP contribution in [0.4, 0.5) is 5.69 Å². The minimum atomic E-state index is -3.88. The van der Waals surface area contributed by atoms with Crippen LogP contribution in [0.15, 0.2) is 53.4 Å². The molecule has 0 saturated heterocycles. The second kappa shape index (κ2) is 9.12. The monoisotopic (exact) mass is 473 g/mol. The number of amides is 3. The SMILES string of the molecule is CC(C)[C@@H](C(=O)O[C@H](C)C(=O)Nc1ccc(S(N)(=O)=O)cc1)N1C(=O)c2ccccc2C1=O. The zero-order valence-electron chi connectivity index (χ0n) is 18.1. The first-order chi connectivity index (χ1) is 15.4. The van der Waals surface area contributed by atoms with E-state index >= 15 is 0 Å². The average Bonchev–Trinajstić information content (AvgIpc) is 2.99. The lowest BCUT2D eigenvalue weighted by atomic mass is 10.0. The second-order valence-electron chi connectivity index (χ2n) is 7.85. The van der Waals surface area contributed by atoms with E-state index < -0.39 is 51.8 Å². The molecular formula is C22H23N3O7S. The lowest BCUT2D eigenvalue weighted by Gasteiger charge is -2.28. The van der Waals surface area contributed by atoms with E-state index in [9.17, 15) is 27.6 Å². The molecule has 2 aromatic carbocycles. The minimum Gasteiger partial charge on any atom is -0.451 e. The van der Waals surface area contributed by atoms with Crippen molar-refractivity contribution in [2.45, 2.75) is 37.8 Å². The molecule has 1 aliphatic rings. The average molecular weight is 474 g/mol. The van der Waals surface area contributed by atoms with Gasteiger partial charge in [0.25, 0.3) is 17.7 Å². The molecule has 0 radical (unpaired) electrons. The first-order valence-corrected chi connectivity index (χ1v) is 11.6. The quantitative estimate of drug-likeness (QED) is 0.457. The number of benzene rings is 2. The van der Waals surface area contributed by atoms with Gasteiger partial charge in [-0.15, -0.1) is 0 Å². The summed E-state index contributed by atoms with van der Waals surface area (Å²) < 4.78 is 27.9. The first kappa shape index (κ1) is 24.1. The standard InChI is InChI=1S/C22H23N3O7S/c1-12(2)18(25-20(27)16-6-4-5-7-17(16)21(25)28)22(29)32-13(3)19(26)24-14-8-10-15(11-9-14)33(23,30)31/h4-13,18H,1-3H3,(H,24,26)(H2,23,30,31)/t13-,18+/m1/s1. The molecule has 0 aliphatic carbocycles. The van der Waals surface area contributed by atoms with Gasteiger partial charge in [-0.25, -0.2) is 18.4 Å². The number of rotatable bonds is 7. The van der Waals surface area contributed by atoms with Gasteiger partial charge in [0.15, 0.2) is 6.10 Å². The summed E-state index contributed by atoms with van der Waals surface area (Å²) in [5.41, 5.74) is 0.667. The van der Waals surface area contributed by atoms with Crippen LogP contribution in [0.2, 0.25) is 0 Å². The van der Waals surface area contributed by atoms with Crippen LogP contribution in [0.1, 0.15) is 41.5 Å². The van der Waals surface area contributed by atoms with Crippen molar-refractivity contribution >= 4 is 39.4 Å². The number of carbonyl (C=O) groups excluding carboxylic acids is 4. The Kier molecular flexibility index (Phi) is 6.65. The largest absolute Gasteiger partial charge is 0.451 e. The number of nitrogens with two attached hydrogens (primary N) is 1. The molecule has 2 atom stereocenters. The Morgan fingerprint density at radius 3 is 1.91 bits per heavy atom. The summed E-state index contributed by atoms with van der Waals surface area (Å²) in [5.74, 6) is -3.25. The van der Waals surface area contributed by atoms with Crippen LogP contribution < -0.4 is 10.5 Å². The summed E-state index contributed by atoms with van der Waals surface area (Å²) in [7, 11) is -3.88. The van der Waals surface area contributed by atoms with Gasteiger partial charge in [-0.2, -0.15) is 0 Å². The van der Waals surface area contributed by atoms with Crippen molar-refractivity contribution < 1.29 is 32.3 Å². The van der Waals surface area contributed by atoms with Crippen molar-refractivity contribution in [3.05, 3.63) is 59.7 Å². The van der Waals surface area contributed by atoms with Gasteiger partial charge >= 0.3 is 5.97 Å². The van der Waals surface area contributed by atoms with Crippen LogP contribution >= 0.6 is 0 Å². The number of imide groups is 1. The third-order valence-electron chi connectivity index (χ3n) is 5.09. The number of anilines is 1. The number of primary sulfonamides is 1. The molecule has 0 spiro atoms. The molecule has 0 aromatic heterocycles. The van der Waals surface area contributed by atoms with Gasteiger partial charge in [-0.1, -0.05) is 26.0 Å². The second-order valence-corrected chi connectivity index (χ2v) is 9.41. The third-order valence-corrected chi connectivity index (χ3v) is 6.02. The van der Waals surface area contributed by atoms with Crippen LogP contribution in [0, 0.1) is 5.92 Å². The van der Waals surface area contributed by atoms with E-state index in [1.54, 1.807) is 26.0 Å². The molecule has 11 heteroatoms. The Labute approximate surface area is 190 Å². The predicted octanol–water partition coefficient (Wildman–Crippen LogP) is 1.53. The molecule has 0 unspecified atom stereocenters. The maximum atomic E-state index is 12.9. The fourth-order valence-electron chi connectivity index (χ4n) is 3.41. The van der Waals surface area contributed by atoms with Crippen molar-refractivity contribution in [1.29, 1.82) is 0 Å². The number of nitrogens with zero attached hydrogens (tertiary/aromatic N) is 1. The molecule has 0 fully saturated rings.